The summed E-state index contributed by atoms with van der Waals surface area (Å²) in [7, 11) is 0. The molecule has 45 heavy (non-hydrogen) atoms. The fourth-order valence-corrected chi connectivity index (χ4v) is 7.24. The normalized spacial score (nSPS) is 25.0. The summed E-state index contributed by atoms with van der Waals surface area (Å²) in [5.41, 5.74) is -0.436. The lowest BCUT2D eigenvalue weighted by Crippen LogP contribution is -2.49. The van der Waals surface area contributed by atoms with Crippen LogP contribution in [0, 0.1) is 35.2 Å². The van der Waals surface area contributed by atoms with Crippen LogP contribution >= 0.6 is 0 Å². The summed E-state index contributed by atoms with van der Waals surface area (Å²) in [6.07, 6.45) is 1.47. The molecule has 2 bridgehead atoms. The third-order valence-corrected chi connectivity index (χ3v) is 9.55. The second kappa shape index (κ2) is 11.5. The molecule has 2 saturated heterocycles. The summed E-state index contributed by atoms with van der Waals surface area (Å²) in [5.74, 6) is -7.97. The molecule has 2 aliphatic heterocycles. The fraction of sp³-hybridized carbons (Fsp3) is 0.455. The second-order valence-corrected chi connectivity index (χ2v) is 12.5. The molecule has 7 rings (SSSR count). The molecule has 6 nitrogen and oxygen atoms in total. The lowest BCUT2D eigenvalue weighted by atomic mass is 9.93. The van der Waals surface area contributed by atoms with Gasteiger partial charge in [0.1, 0.15) is 23.3 Å². The molecule has 4 atom stereocenters. The Bertz CT molecular complexity index is 1760. The number of benzene rings is 3. The molecule has 1 aromatic heterocycles. The number of nitrogens with one attached hydrogen (secondary N) is 1. The van der Waals surface area contributed by atoms with Crippen molar-refractivity contribution in [2.24, 2.45) is 17.8 Å². The van der Waals surface area contributed by atoms with Gasteiger partial charge in [-0.3, -0.25) is 0 Å². The molecular weight excluding hydrogens is 598 g/mol. The average molecular weight is 631 g/mol. The Balaban J connectivity index is 1.34. The van der Waals surface area contributed by atoms with Crippen molar-refractivity contribution in [2.45, 2.75) is 44.2 Å². The van der Waals surface area contributed by atoms with Gasteiger partial charge in [-0.2, -0.15) is 9.97 Å². The highest BCUT2D eigenvalue weighted by Gasteiger charge is 2.56. The number of halogens is 6. The monoisotopic (exact) mass is 630 g/mol. The molecule has 4 aromatic rings. The maximum atomic E-state index is 16.6. The number of phenolic OH excluding ortho intramolecular Hbond substituents is 1. The summed E-state index contributed by atoms with van der Waals surface area (Å²) in [5, 5.41) is 13.6. The van der Waals surface area contributed by atoms with Gasteiger partial charge >= 0.3 is 6.01 Å². The minimum absolute atomic E-state index is 0.0132. The number of fused-ring (bicyclic) bond motifs is 4. The molecule has 0 amide bonds. The van der Waals surface area contributed by atoms with E-state index in [2.05, 4.69) is 15.3 Å². The van der Waals surface area contributed by atoms with Gasteiger partial charge in [0.05, 0.1) is 6.61 Å². The van der Waals surface area contributed by atoms with E-state index in [0.29, 0.717) is 25.8 Å². The Hall–Kier alpha value is -3.80. The van der Waals surface area contributed by atoms with Crippen LogP contribution in [0.5, 0.6) is 11.8 Å². The van der Waals surface area contributed by atoms with Gasteiger partial charge in [-0.15, -0.1) is 0 Å². The van der Waals surface area contributed by atoms with Crippen molar-refractivity contribution in [1.29, 1.82) is 0 Å². The van der Waals surface area contributed by atoms with E-state index in [-0.39, 0.29) is 89.0 Å². The van der Waals surface area contributed by atoms with E-state index in [0.717, 1.165) is 18.6 Å². The van der Waals surface area contributed by atoms with Crippen molar-refractivity contribution in [3.05, 3.63) is 53.8 Å². The molecular formula is C33H32F6N4O2. The summed E-state index contributed by atoms with van der Waals surface area (Å²) in [6, 6.07) is 7.30. The number of hydrogen-bond donors (Lipinski definition) is 2. The molecule has 2 unspecified atom stereocenters. The van der Waals surface area contributed by atoms with Crippen LogP contribution in [0.3, 0.4) is 0 Å². The highest BCUT2D eigenvalue weighted by Crippen LogP contribution is 2.50. The molecule has 3 aliphatic rings. The first-order chi connectivity index (χ1) is 21.6. The largest absolute Gasteiger partial charge is 0.508 e. The zero-order chi connectivity index (χ0) is 31.5. The Labute approximate surface area is 255 Å². The third kappa shape index (κ3) is 5.40. The van der Waals surface area contributed by atoms with Crippen LogP contribution in [0.2, 0.25) is 0 Å². The zero-order valence-corrected chi connectivity index (χ0v) is 24.3. The number of rotatable bonds is 5. The first-order valence-electron chi connectivity index (χ1n) is 15.3. The van der Waals surface area contributed by atoms with Gasteiger partial charge in [-0.1, -0.05) is 12.1 Å². The minimum atomic E-state index is -2.80. The summed E-state index contributed by atoms with van der Waals surface area (Å²) in [6.45, 7) is 1.03. The van der Waals surface area contributed by atoms with Gasteiger partial charge < -0.3 is 20.1 Å². The van der Waals surface area contributed by atoms with Crippen molar-refractivity contribution >= 4 is 27.5 Å². The Kier molecular flexibility index (Phi) is 7.66. The zero-order valence-electron chi connectivity index (χ0n) is 24.3. The summed E-state index contributed by atoms with van der Waals surface area (Å²) < 4.78 is 95.9. The van der Waals surface area contributed by atoms with Crippen LogP contribution in [0.1, 0.15) is 32.1 Å². The third-order valence-electron chi connectivity index (χ3n) is 9.55. The van der Waals surface area contributed by atoms with E-state index in [9.17, 15) is 22.7 Å². The lowest BCUT2D eigenvalue weighted by Gasteiger charge is -2.38. The fourth-order valence-electron chi connectivity index (χ4n) is 7.24. The molecule has 1 saturated carbocycles. The Morgan fingerprint density at radius 2 is 1.73 bits per heavy atom. The molecule has 2 N–H and O–H groups in total. The van der Waals surface area contributed by atoms with Crippen LogP contribution in [0.15, 0.2) is 36.4 Å². The number of piperidine rings is 1. The number of hydrogen-bond acceptors (Lipinski definition) is 6. The number of nitrogens with zero attached hydrogens (tertiary/aromatic N) is 3. The number of anilines is 1. The number of aromatic hydroxyl groups is 1. The van der Waals surface area contributed by atoms with Crippen molar-refractivity contribution < 1.29 is 36.2 Å². The highest BCUT2D eigenvalue weighted by atomic mass is 19.3. The summed E-state index contributed by atoms with van der Waals surface area (Å²) >= 11 is 0. The molecule has 0 spiro atoms. The maximum absolute atomic E-state index is 16.6. The van der Waals surface area contributed by atoms with Crippen LogP contribution in [0.4, 0.5) is 32.2 Å². The smallest absolute Gasteiger partial charge is 0.319 e. The van der Waals surface area contributed by atoms with Gasteiger partial charge in [0, 0.05) is 47.8 Å². The number of phenols is 1. The first kappa shape index (κ1) is 29.9. The summed E-state index contributed by atoms with van der Waals surface area (Å²) in [4.78, 5) is 10.7. The maximum Gasteiger partial charge on any atom is 0.319 e. The van der Waals surface area contributed by atoms with Crippen LogP contribution in [0.25, 0.3) is 32.8 Å². The second-order valence-electron chi connectivity index (χ2n) is 12.5. The van der Waals surface area contributed by atoms with Gasteiger partial charge in [-0.05, 0) is 79.8 Å². The molecule has 238 valence electrons. The Morgan fingerprint density at radius 1 is 0.956 bits per heavy atom. The SMILES string of the molecule is Oc1cc(-c2ccc3c(N4CC5CCC(C4)C5(F)F)nc(OC[C@@H]4CCCNC[C@H](F)C4)nc3c2F)c2c(F)c(F)ccc2c1. The van der Waals surface area contributed by atoms with E-state index >= 15 is 8.78 Å². The van der Waals surface area contributed by atoms with Gasteiger partial charge in [0.2, 0.25) is 0 Å². The van der Waals surface area contributed by atoms with Gasteiger partial charge in [-0.25, -0.2) is 26.3 Å². The number of ether oxygens (including phenoxy) is 1. The quantitative estimate of drug-likeness (QED) is 0.228. The minimum Gasteiger partial charge on any atom is -0.508 e. The predicted molar refractivity (Wildman–Crippen MR) is 158 cm³/mol. The molecule has 3 fully saturated rings. The van der Waals surface area contributed by atoms with Gasteiger partial charge in [0.25, 0.3) is 5.92 Å². The van der Waals surface area contributed by atoms with Crippen molar-refractivity contribution in [3.8, 4) is 22.9 Å². The number of aromatic nitrogens is 2. The van der Waals surface area contributed by atoms with Crippen molar-refractivity contribution in [3.63, 3.8) is 0 Å². The Morgan fingerprint density at radius 3 is 2.51 bits per heavy atom. The lowest BCUT2D eigenvalue weighted by molar-refractivity contribution is -0.0830. The molecule has 0 radical (unpaired) electrons. The van der Waals surface area contributed by atoms with E-state index in [4.69, 9.17) is 4.74 Å². The predicted octanol–water partition coefficient (Wildman–Crippen LogP) is 7.16. The van der Waals surface area contributed by atoms with E-state index in [1.165, 1.54) is 24.3 Å². The van der Waals surface area contributed by atoms with Crippen molar-refractivity contribution in [1.82, 2.24) is 15.3 Å². The molecule has 1 aliphatic carbocycles. The topological polar surface area (TPSA) is 70.5 Å². The molecule has 12 heteroatoms. The standard InChI is InChI=1S/C33H32F6N4O2/c34-21-10-17(2-1-9-40-13-21)16-45-32-41-30-24(31(42-32)43-14-19-4-5-20(15-43)33(19,38)39)7-6-23(28(30)36)25-12-22(44)11-18-3-8-26(35)29(37)27(18)25/h3,6-8,11-12,17,19-21,40,44H,1-2,4-5,9-10,13-16H2/t17-,19?,20?,21-/m1/s1. The van der Waals surface area contributed by atoms with Gasteiger partial charge in [0.15, 0.2) is 17.5 Å². The molecule has 3 aromatic carbocycles. The van der Waals surface area contributed by atoms with E-state index < -0.39 is 41.4 Å². The molecule has 3 heterocycles. The van der Waals surface area contributed by atoms with Crippen molar-refractivity contribution in [2.75, 3.05) is 37.7 Å². The van der Waals surface area contributed by atoms with Crippen LogP contribution < -0.4 is 15.0 Å². The van der Waals surface area contributed by atoms with Crippen LogP contribution in [-0.4, -0.2) is 60.0 Å². The first-order valence-corrected chi connectivity index (χ1v) is 15.3. The van der Waals surface area contributed by atoms with Crippen LogP contribution in [-0.2, 0) is 0 Å². The average Bonchev–Trinajstić information content (AvgIpc) is 3.14. The highest BCUT2D eigenvalue weighted by molar-refractivity contribution is 6.01. The van der Waals surface area contributed by atoms with E-state index in [1.54, 1.807) is 4.90 Å². The number of alkyl halides is 3. The van der Waals surface area contributed by atoms with E-state index in [1.807, 2.05) is 0 Å².